The quantitative estimate of drug-likeness (QED) is 0.636. The number of nitrogens with two attached hydrogens (primary N) is 1. The van der Waals surface area contributed by atoms with Crippen molar-refractivity contribution < 1.29 is 4.79 Å². The molecule has 1 aliphatic rings. The molecule has 1 atom stereocenters. The maximum absolute atomic E-state index is 11.8. The Hall–Kier alpha value is -1.34. The van der Waals surface area contributed by atoms with Crippen LogP contribution in [0.2, 0.25) is 0 Å². The van der Waals surface area contributed by atoms with Crippen LogP contribution < -0.4 is 11.1 Å². The van der Waals surface area contributed by atoms with Crippen molar-refractivity contribution in [2.75, 3.05) is 31.5 Å². The first-order valence-corrected chi connectivity index (χ1v) is 9.71. The number of hydrogen-bond acceptors (Lipinski definition) is 4. The van der Waals surface area contributed by atoms with Gasteiger partial charge in [0.1, 0.15) is 0 Å². The van der Waals surface area contributed by atoms with Gasteiger partial charge >= 0.3 is 0 Å². The number of nitrogens with one attached hydrogen (secondary N) is 1. The molecule has 1 heterocycles. The van der Waals surface area contributed by atoms with Gasteiger partial charge in [-0.25, -0.2) is 0 Å². The largest absolute Gasteiger partial charge is 0.327 e. The summed E-state index contributed by atoms with van der Waals surface area (Å²) >= 11 is 0. The van der Waals surface area contributed by atoms with E-state index < -0.39 is 0 Å². The van der Waals surface area contributed by atoms with Crippen LogP contribution >= 0.6 is 37.2 Å². The van der Waals surface area contributed by atoms with E-state index in [0.29, 0.717) is 6.42 Å². The molecule has 30 heavy (non-hydrogen) atoms. The van der Waals surface area contributed by atoms with Crippen LogP contribution in [0.15, 0.2) is 54.6 Å². The van der Waals surface area contributed by atoms with Crippen molar-refractivity contribution in [1.29, 1.82) is 0 Å². The van der Waals surface area contributed by atoms with Gasteiger partial charge in [0.05, 0.1) is 0 Å². The second-order valence-electron chi connectivity index (χ2n) is 7.46. The lowest BCUT2D eigenvalue weighted by Crippen LogP contribution is -2.45. The number of hydrogen-bond donors (Lipinski definition) is 2. The van der Waals surface area contributed by atoms with Crippen LogP contribution in [0.5, 0.6) is 0 Å². The highest BCUT2D eigenvalue weighted by Gasteiger charge is 2.17. The lowest BCUT2D eigenvalue weighted by Gasteiger charge is -2.34. The van der Waals surface area contributed by atoms with E-state index in [9.17, 15) is 4.79 Å². The van der Waals surface area contributed by atoms with Crippen molar-refractivity contribution in [1.82, 2.24) is 9.80 Å². The van der Waals surface area contributed by atoms with Gasteiger partial charge < -0.3 is 11.1 Å². The topological polar surface area (TPSA) is 61.6 Å². The van der Waals surface area contributed by atoms with E-state index in [2.05, 4.69) is 57.6 Å². The summed E-state index contributed by atoms with van der Waals surface area (Å²) in [6.45, 7) is 8.18. The fourth-order valence-electron chi connectivity index (χ4n) is 3.40. The Balaban J connectivity index is 0.00000280. The monoisotopic (exact) mass is 474 g/mol. The molecule has 0 radical (unpaired) electrons. The maximum Gasteiger partial charge on any atom is 0.225 e. The minimum Gasteiger partial charge on any atom is -0.327 e. The molecule has 168 valence electrons. The Labute approximate surface area is 198 Å². The van der Waals surface area contributed by atoms with Gasteiger partial charge in [0.15, 0.2) is 0 Å². The average Bonchev–Trinajstić information content (AvgIpc) is 2.65. The number of halogens is 3. The lowest BCUT2D eigenvalue weighted by molar-refractivity contribution is -0.116. The molecule has 3 N–H and O–H groups in total. The van der Waals surface area contributed by atoms with Crippen LogP contribution in [0.25, 0.3) is 0 Å². The molecule has 0 aliphatic carbocycles. The fourth-order valence-corrected chi connectivity index (χ4v) is 3.40. The van der Waals surface area contributed by atoms with E-state index in [1.165, 1.54) is 11.1 Å². The van der Waals surface area contributed by atoms with E-state index in [4.69, 9.17) is 5.73 Å². The highest BCUT2D eigenvalue weighted by Crippen LogP contribution is 2.14. The van der Waals surface area contributed by atoms with E-state index >= 15 is 0 Å². The number of anilines is 1. The van der Waals surface area contributed by atoms with Gasteiger partial charge in [0.25, 0.3) is 0 Å². The van der Waals surface area contributed by atoms with Crippen LogP contribution in [0.1, 0.15) is 24.5 Å². The van der Waals surface area contributed by atoms with Crippen molar-refractivity contribution >= 4 is 48.8 Å². The summed E-state index contributed by atoms with van der Waals surface area (Å²) in [4.78, 5) is 16.8. The predicted octanol–water partition coefficient (Wildman–Crippen LogP) is 3.95. The fraction of sp³-hybridized carbons (Fsp3) is 0.409. The van der Waals surface area contributed by atoms with Crippen LogP contribution in [-0.4, -0.2) is 47.9 Å². The second kappa shape index (κ2) is 14.6. The Morgan fingerprint density at radius 1 is 0.867 bits per heavy atom. The lowest BCUT2D eigenvalue weighted by atomic mass is 10.1. The van der Waals surface area contributed by atoms with Gasteiger partial charge in [-0.05, 0) is 30.2 Å². The summed E-state index contributed by atoms with van der Waals surface area (Å²) < 4.78 is 0. The molecule has 2 aromatic carbocycles. The van der Waals surface area contributed by atoms with Crippen molar-refractivity contribution in [3.63, 3.8) is 0 Å². The minimum absolute atomic E-state index is 0. The van der Waals surface area contributed by atoms with Crippen LogP contribution in [-0.2, 0) is 17.9 Å². The van der Waals surface area contributed by atoms with Crippen molar-refractivity contribution in [2.24, 2.45) is 5.73 Å². The number of piperazine rings is 1. The van der Waals surface area contributed by atoms with Crippen LogP contribution in [0.4, 0.5) is 5.69 Å². The second-order valence-corrected chi connectivity index (χ2v) is 7.46. The average molecular weight is 476 g/mol. The zero-order valence-electron chi connectivity index (χ0n) is 17.3. The SMILES string of the molecule is CC(N)CC(=O)Nc1ccc(CN2CCN(Cc3ccccc3)CC2)cc1.Cl.Cl.Cl. The molecule has 0 bridgehead atoms. The molecule has 8 heteroatoms. The highest BCUT2D eigenvalue weighted by atomic mass is 35.5. The highest BCUT2D eigenvalue weighted by molar-refractivity contribution is 5.91. The molecule has 0 spiro atoms. The first-order chi connectivity index (χ1) is 13.1. The third-order valence-electron chi connectivity index (χ3n) is 4.87. The molecule has 5 nitrogen and oxygen atoms in total. The van der Waals surface area contributed by atoms with E-state index in [1.54, 1.807) is 0 Å². The van der Waals surface area contributed by atoms with Gasteiger partial charge in [-0.15, -0.1) is 37.2 Å². The summed E-state index contributed by atoms with van der Waals surface area (Å²) in [5.41, 5.74) is 9.15. The number of nitrogens with zero attached hydrogens (tertiary/aromatic N) is 2. The normalized spacial score (nSPS) is 15.1. The van der Waals surface area contributed by atoms with Gasteiger partial charge in [-0.3, -0.25) is 14.6 Å². The van der Waals surface area contributed by atoms with Crippen molar-refractivity contribution in [3.05, 3.63) is 65.7 Å². The molecular weight excluding hydrogens is 443 g/mol. The standard InChI is InChI=1S/C22H30N4O.3ClH/c1-18(23)15-22(27)24-21-9-7-20(8-10-21)17-26-13-11-25(12-14-26)16-19-5-3-2-4-6-19;;;/h2-10,18H,11-17,23H2,1H3,(H,24,27);3*1H. The molecule has 3 rings (SSSR count). The van der Waals surface area contributed by atoms with E-state index in [1.807, 2.05) is 19.1 Å². The Kier molecular flexibility index (Phi) is 14.0. The molecule has 1 amide bonds. The minimum atomic E-state index is -0.121. The molecule has 0 saturated carbocycles. The molecule has 0 aromatic heterocycles. The summed E-state index contributed by atoms with van der Waals surface area (Å²) in [7, 11) is 0. The zero-order valence-corrected chi connectivity index (χ0v) is 19.8. The Bertz CT molecular complexity index is 721. The number of carbonyl (C=O) groups excluding carboxylic acids is 1. The number of carbonyl (C=O) groups is 1. The molecule has 2 aromatic rings. The summed E-state index contributed by atoms with van der Waals surface area (Å²) in [6, 6.07) is 18.7. The molecule has 1 fully saturated rings. The summed E-state index contributed by atoms with van der Waals surface area (Å²) in [5.74, 6) is -0.0349. The first-order valence-electron chi connectivity index (χ1n) is 9.71. The van der Waals surface area contributed by atoms with Gasteiger partial charge in [-0.2, -0.15) is 0 Å². The zero-order chi connectivity index (χ0) is 19.1. The van der Waals surface area contributed by atoms with Crippen molar-refractivity contribution in [3.8, 4) is 0 Å². The predicted molar refractivity (Wildman–Crippen MR) is 132 cm³/mol. The van der Waals surface area contributed by atoms with Gasteiger partial charge in [0.2, 0.25) is 5.91 Å². The molecule has 1 unspecified atom stereocenters. The van der Waals surface area contributed by atoms with Gasteiger partial charge in [0, 0.05) is 57.4 Å². The van der Waals surface area contributed by atoms with Crippen molar-refractivity contribution in [2.45, 2.75) is 32.5 Å². The number of amides is 1. The Morgan fingerprint density at radius 2 is 1.33 bits per heavy atom. The first kappa shape index (κ1) is 28.7. The third-order valence-corrected chi connectivity index (χ3v) is 4.87. The van der Waals surface area contributed by atoms with E-state index in [0.717, 1.165) is 45.0 Å². The smallest absolute Gasteiger partial charge is 0.225 e. The van der Waals surface area contributed by atoms with Gasteiger partial charge in [-0.1, -0.05) is 42.5 Å². The number of rotatable bonds is 7. The van der Waals surface area contributed by atoms with Crippen LogP contribution in [0, 0.1) is 0 Å². The Morgan fingerprint density at radius 3 is 1.80 bits per heavy atom. The number of benzene rings is 2. The maximum atomic E-state index is 11.8. The molecule has 1 saturated heterocycles. The summed E-state index contributed by atoms with van der Waals surface area (Å²) in [6.07, 6.45) is 0.342. The van der Waals surface area contributed by atoms with Crippen LogP contribution in [0.3, 0.4) is 0 Å². The third kappa shape index (κ3) is 9.65. The summed E-state index contributed by atoms with van der Waals surface area (Å²) in [5, 5.41) is 2.89. The van der Waals surface area contributed by atoms with E-state index in [-0.39, 0.29) is 49.2 Å². The molecule has 1 aliphatic heterocycles. The molecular formula is C22H33Cl3N4O.